The summed E-state index contributed by atoms with van der Waals surface area (Å²) in [4.78, 5) is 23.6. The number of H-pyrrole nitrogens is 1. The van der Waals surface area contributed by atoms with E-state index in [9.17, 15) is 4.79 Å². The number of fused-ring (bicyclic) bond motifs is 1. The molecule has 0 bridgehead atoms. The molecule has 1 N–H and O–H groups in total. The Kier molecular flexibility index (Phi) is 7.84. The number of rotatable bonds is 8. The highest BCUT2D eigenvalue weighted by Crippen LogP contribution is 2.29. The van der Waals surface area contributed by atoms with Crippen molar-refractivity contribution < 1.29 is 0 Å². The van der Waals surface area contributed by atoms with Crippen LogP contribution in [0.2, 0.25) is 0 Å². The van der Waals surface area contributed by atoms with Gasteiger partial charge in [-0.1, -0.05) is 60.7 Å². The first-order valence-corrected chi connectivity index (χ1v) is 13.4. The molecule has 0 radical (unpaired) electrons. The number of hydrogen-bond donors (Lipinski definition) is 1. The molecular weight excluding hydrogens is 478 g/mol. The summed E-state index contributed by atoms with van der Waals surface area (Å²) in [5.41, 5.74) is 4.46. The van der Waals surface area contributed by atoms with Crippen molar-refractivity contribution in [3.05, 3.63) is 105 Å². The highest BCUT2D eigenvalue weighted by molar-refractivity contribution is 7.71. The monoisotopic (exact) mass is 513 g/mol. The number of aromatic nitrogens is 2. The Morgan fingerprint density at radius 3 is 2.08 bits per heavy atom. The third-order valence-electron chi connectivity index (χ3n) is 7.34. The van der Waals surface area contributed by atoms with Gasteiger partial charge in [0.1, 0.15) is 0 Å². The van der Waals surface area contributed by atoms with Crippen LogP contribution in [-0.2, 0) is 6.54 Å². The quantitative estimate of drug-likeness (QED) is 0.339. The molecule has 6 nitrogen and oxygen atoms in total. The summed E-state index contributed by atoms with van der Waals surface area (Å²) in [7, 11) is 3.96. The zero-order chi connectivity index (χ0) is 25.8. The lowest BCUT2D eigenvalue weighted by Crippen LogP contribution is -2.48. The third kappa shape index (κ3) is 5.69. The van der Waals surface area contributed by atoms with Crippen molar-refractivity contribution in [2.24, 2.45) is 0 Å². The standard InChI is InChI=1S/C30H35N5OS/c1-32(2)25-14-15-27-26(22-25)29(36)35(30(37)31-27)17-9-16-33-18-20-34(21-19-33)28(23-10-5-3-6-11-23)24-12-7-4-8-13-24/h3-8,10-15,22,28H,9,16-21H2,1-2H3,(H,31,37). The van der Waals surface area contributed by atoms with Crippen molar-refractivity contribution >= 4 is 28.8 Å². The summed E-state index contributed by atoms with van der Waals surface area (Å²) in [6.07, 6.45) is 0.886. The minimum atomic E-state index is -0.0131. The van der Waals surface area contributed by atoms with E-state index in [1.807, 2.05) is 37.2 Å². The van der Waals surface area contributed by atoms with Crippen molar-refractivity contribution in [1.82, 2.24) is 19.4 Å². The molecule has 1 aromatic heterocycles. The van der Waals surface area contributed by atoms with Crippen LogP contribution >= 0.6 is 12.2 Å². The molecule has 0 spiro atoms. The van der Waals surface area contributed by atoms with Gasteiger partial charge < -0.3 is 14.8 Å². The van der Waals surface area contributed by atoms with Crippen LogP contribution in [0.5, 0.6) is 0 Å². The van der Waals surface area contributed by atoms with E-state index in [1.54, 1.807) is 4.57 Å². The summed E-state index contributed by atoms with van der Waals surface area (Å²) < 4.78 is 2.21. The fraction of sp³-hybridized carbons (Fsp3) is 0.333. The summed E-state index contributed by atoms with van der Waals surface area (Å²) in [6, 6.07) is 27.7. The van der Waals surface area contributed by atoms with Crippen LogP contribution in [0.25, 0.3) is 10.9 Å². The van der Waals surface area contributed by atoms with Gasteiger partial charge in [-0.25, -0.2) is 0 Å². The second-order valence-corrected chi connectivity index (χ2v) is 10.4. The fourth-order valence-electron chi connectivity index (χ4n) is 5.30. The van der Waals surface area contributed by atoms with Gasteiger partial charge in [0.25, 0.3) is 5.56 Å². The molecule has 1 saturated heterocycles. The fourth-order valence-corrected chi connectivity index (χ4v) is 5.59. The zero-order valence-electron chi connectivity index (χ0n) is 21.6. The van der Waals surface area contributed by atoms with Crippen LogP contribution < -0.4 is 10.5 Å². The van der Waals surface area contributed by atoms with E-state index in [1.165, 1.54) is 11.1 Å². The summed E-state index contributed by atoms with van der Waals surface area (Å²) >= 11 is 5.53. The smallest absolute Gasteiger partial charge is 0.262 e. The predicted molar refractivity (Wildman–Crippen MR) is 155 cm³/mol. The number of nitrogens with zero attached hydrogens (tertiary/aromatic N) is 4. The van der Waals surface area contributed by atoms with Crippen molar-refractivity contribution in [3.8, 4) is 0 Å². The van der Waals surface area contributed by atoms with Gasteiger partial charge in [0.05, 0.1) is 16.9 Å². The van der Waals surface area contributed by atoms with E-state index in [4.69, 9.17) is 12.2 Å². The Balaban J connectivity index is 1.23. The number of anilines is 1. The normalized spacial score (nSPS) is 14.9. The third-order valence-corrected chi connectivity index (χ3v) is 7.66. The van der Waals surface area contributed by atoms with E-state index in [0.29, 0.717) is 16.7 Å². The minimum absolute atomic E-state index is 0.0131. The molecule has 5 rings (SSSR count). The lowest BCUT2D eigenvalue weighted by atomic mass is 9.96. The maximum atomic E-state index is 13.2. The first kappa shape index (κ1) is 25.4. The van der Waals surface area contributed by atoms with Gasteiger partial charge in [-0.05, 0) is 54.5 Å². The van der Waals surface area contributed by atoms with E-state index in [2.05, 4.69) is 75.4 Å². The molecule has 192 valence electrons. The number of nitrogens with one attached hydrogen (secondary N) is 1. The highest BCUT2D eigenvalue weighted by Gasteiger charge is 2.26. The van der Waals surface area contributed by atoms with Gasteiger partial charge in [0.2, 0.25) is 0 Å². The first-order valence-electron chi connectivity index (χ1n) is 13.0. The van der Waals surface area contributed by atoms with Gasteiger partial charge in [-0.2, -0.15) is 0 Å². The molecule has 3 aromatic carbocycles. The van der Waals surface area contributed by atoms with E-state index >= 15 is 0 Å². The van der Waals surface area contributed by atoms with Crippen molar-refractivity contribution in [2.45, 2.75) is 19.0 Å². The molecule has 7 heteroatoms. The van der Waals surface area contributed by atoms with Gasteiger partial charge in [0.15, 0.2) is 4.77 Å². The van der Waals surface area contributed by atoms with E-state index < -0.39 is 0 Å². The molecule has 0 aliphatic carbocycles. The van der Waals surface area contributed by atoms with E-state index in [-0.39, 0.29) is 11.6 Å². The number of benzene rings is 3. The molecule has 0 unspecified atom stereocenters. The Bertz CT molecular complexity index is 1400. The Morgan fingerprint density at radius 1 is 0.865 bits per heavy atom. The average Bonchev–Trinajstić information content (AvgIpc) is 2.92. The zero-order valence-corrected chi connectivity index (χ0v) is 22.5. The Morgan fingerprint density at radius 2 is 1.49 bits per heavy atom. The highest BCUT2D eigenvalue weighted by atomic mass is 32.1. The topological polar surface area (TPSA) is 47.5 Å². The van der Waals surface area contributed by atoms with Crippen molar-refractivity contribution in [1.29, 1.82) is 0 Å². The van der Waals surface area contributed by atoms with Crippen molar-refractivity contribution in [3.63, 3.8) is 0 Å². The van der Waals surface area contributed by atoms with Gasteiger partial charge in [-0.15, -0.1) is 0 Å². The SMILES string of the molecule is CN(C)c1ccc2[nH]c(=S)n(CCCN3CCN(C(c4ccccc4)c4ccccc4)CC3)c(=O)c2c1. The number of aromatic amines is 1. The lowest BCUT2D eigenvalue weighted by Gasteiger charge is -2.39. The molecule has 1 aliphatic rings. The minimum Gasteiger partial charge on any atom is -0.378 e. The van der Waals surface area contributed by atoms with Crippen LogP contribution in [0.3, 0.4) is 0 Å². The lowest BCUT2D eigenvalue weighted by molar-refractivity contribution is 0.107. The van der Waals surface area contributed by atoms with Crippen LogP contribution in [0, 0.1) is 4.77 Å². The molecule has 0 amide bonds. The second kappa shape index (κ2) is 11.4. The van der Waals surface area contributed by atoms with Crippen LogP contribution in [0.15, 0.2) is 83.7 Å². The molecule has 4 aromatic rings. The van der Waals surface area contributed by atoms with Gasteiger partial charge in [-0.3, -0.25) is 14.3 Å². The van der Waals surface area contributed by atoms with E-state index in [0.717, 1.165) is 50.3 Å². The summed E-state index contributed by atoms with van der Waals surface area (Å²) in [6.45, 7) is 5.62. The molecule has 37 heavy (non-hydrogen) atoms. The average molecular weight is 514 g/mol. The molecule has 0 atom stereocenters. The second-order valence-electron chi connectivity index (χ2n) is 9.97. The summed E-state index contributed by atoms with van der Waals surface area (Å²) in [5, 5.41) is 0.682. The van der Waals surface area contributed by atoms with Crippen LogP contribution in [-0.4, -0.2) is 66.2 Å². The maximum absolute atomic E-state index is 13.2. The van der Waals surface area contributed by atoms with Gasteiger partial charge >= 0.3 is 0 Å². The van der Waals surface area contributed by atoms with Crippen LogP contribution in [0.1, 0.15) is 23.6 Å². The largest absolute Gasteiger partial charge is 0.378 e. The molecule has 1 aliphatic heterocycles. The predicted octanol–water partition coefficient (Wildman–Crippen LogP) is 4.92. The van der Waals surface area contributed by atoms with Crippen molar-refractivity contribution in [2.75, 3.05) is 51.7 Å². The molecule has 2 heterocycles. The Hall–Kier alpha value is -3.26. The maximum Gasteiger partial charge on any atom is 0.262 e. The number of hydrogen-bond acceptors (Lipinski definition) is 5. The summed E-state index contributed by atoms with van der Waals surface area (Å²) in [5.74, 6) is 0. The molecule has 0 saturated carbocycles. The first-order chi connectivity index (χ1) is 18.0. The molecular formula is C30H35N5OS. The number of piperazine rings is 1. The Labute approximate surface area is 223 Å². The van der Waals surface area contributed by atoms with Crippen LogP contribution in [0.4, 0.5) is 5.69 Å². The van der Waals surface area contributed by atoms with Gasteiger partial charge in [0, 0.05) is 52.5 Å². The molecule has 1 fully saturated rings.